The number of oxazole rings is 1. The van der Waals surface area contributed by atoms with E-state index >= 15 is 0 Å². The van der Waals surface area contributed by atoms with Crippen molar-refractivity contribution in [3.8, 4) is 0 Å². The summed E-state index contributed by atoms with van der Waals surface area (Å²) < 4.78 is 4.47. The van der Waals surface area contributed by atoms with Crippen LogP contribution in [0, 0.1) is 0 Å². The first-order valence-electron chi connectivity index (χ1n) is 2.55. The van der Waals surface area contributed by atoms with Gasteiger partial charge in [0.25, 0.3) is 0 Å². The Hall–Kier alpha value is -1.09. The molecule has 1 aromatic rings. The summed E-state index contributed by atoms with van der Waals surface area (Å²) in [5.41, 5.74) is 4.91. The standard InChI is InChI=1S/C3H3NO.C3H7N/c1-2-5-3-4-1;1-2-3-4/h1-3H;2H,1,3-4H2. The van der Waals surface area contributed by atoms with Crippen molar-refractivity contribution in [1.82, 2.24) is 4.98 Å². The van der Waals surface area contributed by atoms with E-state index in [9.17, 15) is 0 Å². The summed E-state index contributed by atoms with van der Waals surface area (Å²) in [6, 6.07) is 0. The summed E-state index contributed by atoms with van der Waals surface area (Å²) in [7, 11) is 0. The zero-order chi connectivity index (χ0) is 6.95. The van der Waals surface area contributed by atoms with Crippen molar-refractivity contribution in [2.45, 2.75) is 0 Å². The van der Waals surface area contributed by atoms with Crippen LogP contribution >= 0.6 is 0 Å². The van der Waals surface area contributed by atoms with Gasteiger partial charge in [-0.1, -0.05) is 6.08 Å². The number of aromatic nitrogens is 1. The topological polar surface area (TPSA) is 52.0 Å². The van der Waals surface area contributed by atoms with E-state index in [-0.39, 0.29) is 0 Å². The van der Waals surface area contributed by atoms with Crippen LogP contribution in [0.4, 0.5) is 0 Å². The Bertz CT molecular complexity index is 108. The van der Waals surface area contributed by atoms with Crippen molar-refractivity contribution < 1.29 is 4.42 Å². The van der Waals surface area contributed by atoms with Crippen molar-refractivity contribution in [2.75, 3.05) is 6.54 Å². The van der Waals surface area contributed by atoms with Gasteiger partial charge in [-0.25, -0.2) is 4.98 Å². The second-order valence-electron chi connectivity index (χ2n) is 1.20. The van der Waals surface area contributed by atoms with Crippen LogP contribution < -0.4 is 5.73 Å². The quantitative estimate of drug-likeness (QED) is 0.566. The molecule has 0 radical (unpaired) electrons. The summed E-state index contributed by atoms with van der Waals surface area (Å²) in [4.78, 5) is 3.56. The van der Waals surface area contributed by atoms with Gasteiger partial charge in [-0.2, -0.15) is 0 Å². The van der Waals surface area contributed by atoms with Crippen molar-refractivity contribution in [2.24, 2.45) is 5.73 Å². The zero-order valence-electron chi connectivity index (χ0n) is 5.16. The van der Waals surface area contributed by atoms with Crippen LogP contribution in [0.2, 0.25) is 0 Å². The van der Waals surface area contributed by atoms with Crippen molar-refractivity contribution in [3.63, 3.8) is 0 Å². The summed E-state index contributed by atoms with van der Waals surface area (Å²) >= 11 is 0. The molecule has 0 atom stereocenters. The predicted molar refractivity (Wildman–Crippen MR) is 35.8 cm³/mol. The maximum Gasteiger partial charge on any atom is 0.180 e. The first-order valence-corrected chi connectivity index (χ1v) is 2.55. The molecule has 1 aromatic heterocycles. The Morgan fingerprint density at radius 2 is 2.44 bits per heavy atom. The molecule has 1 rings (SSSR count). The highest BCUT2D eigenvalue weighted by molar-refractivity contribution is 4.64. The molecule has 3 nitrogen and oxygen atoms in total. The molecule has 0 fully saturated rings. The van der Waals surface area contributed by atoms with Gasteiger partial charge < -0.3 is 10.2 Å². The Morgan fingerprint density at radius 3 is 2.56 bits per heavy atom. The molecule has 0 bridgehead atoms. The molecule has 0 saturated carbocycles. The van der Waals surface area contributed by atoms with Gasteiger partial charge in [-0.05, 0) is 0 Å². The third-order valence-corrected chi connectivity index (χ3v) is 0.514. The highest BCUT2D eigenvalue weighted by Gasteiger charge is 1.59. The minimum absolute atomic E-state index is 0.583. The highest BCUT2D eigenvalue weighted by Crippen LogP contribution is 1.72. The van der Waals surface area contributed by atoms with E-state index in [0.717, 1.165) is 0 Å². The van der Waals surface area contributed by atoms with Gasteiger partial charge in [0.05, 0.1) is 6.20 Å². The normalized spacial score (nSPS) is 7.22. The van der Waals surface area contributed by atoms with Crippen molar-refractivity contribution in [3.05, 3.63) is 31.5 Å². The van der Waals surface area contributed by atoms with E-state index in [0.29, 0.717) is 6.54 Å². The average molecular weight is 126 g/mol. The number of nitrogens with two attached hydrogens (primary N) is 1. The Kier molecular flexibility index (Phi) is 6.07. The van der Waals surface area contributed by atoms with Crippen LogP contribution in [0.5, 0.6) is 0 Å². The van der Waals surface area contributed by atoms with Gasteiger partial charge in [0, 0.05) is 6.54 Å². The molecule has 0 saturated heterocycles. The van der Waals surface area contributed by atoms with E-state index in [1.165, 1.54) is 12.7 Å². The van der Waals surface area contributed by atoms with Gasteiger partial charge in [0.2, 0.25) is 0 Å². The number of rotatable bonds is 1. The van der Waals surface area contributed by atoms with Crippen LogP contribution in [-0.4, -0.2) is 11.5 Å². The molecule has 0 aromatic carbocycles. The van der Waals surface area contributed by atoms with E-state index in [1.54, 1.807) is 12.3 Å². The molecule has 2 N–H and O–H groups in total. The Balaban J connectivity index is 0.000000148. The molecule has 0 spiro atoms. The third kappa shape index (κ3) is 6.91. The summed E-state index contributed by atoms with van der Waals surface area (Å²) in [6.07, 6.45) is 6.12. The molecule has 50 valence electrons. The Labute approximate surface area is 54.2 Å². The van der Waals surface area contributed by atoms with Crippen molar-refractivity contribution in [1.29, 1.82) is 0 Å². The van der Waals surface area contributed by atoms with Crippen LogP contribution in [0.15, 0.2) is 35.9 Å². The van der Waals surface area contributed by atoms with Crippen LogP contribution in [0.25, 0.3) is 0 Å². The molecule has 9 heavy (non-hydrogen) atoms. The number of hydrogen-bond acceptors (Lipinski definition) is 3. The highest BCUT2D eigenvalue weighted by atomic mass is 16.3. The van der Waals surface area contributed by atoms with E-state index in [2.05, 4.69) is 16.0 Å². The molecule has 0 unspecified atom stereocenters. The lowest BCUT2D eigenvalue weighted by atomic mass is 10.7. The van der Waals surface area contributed by atoms with E-state index < -0.39 is 0 Å². The Morgan fingerprint density at radius 1 is 1.78 bits per heavy atom. The number of hydrogen-bond donors (Lipinski definition) is 1. The van der Waals surface area contributed by atoms with Gasteiger partial charge in [0.15, 0.2) is 6.39 Å². The average Bonchev–Trinajstić information content (AvgIpc) is 2.43. The summed E-state index contributed by atoms with van der Waals surface area (Å²) in [5, 5.41) is 0. The molecular formula is C6H10N2O. The largest absolute Gasteiger partial charge is 0.452 e. The lowest BCUT2D eigenvalue weighted by Crippen LogP contribution is -1.90. The zero-order valence-corrected chi connectivity index (χ0v) is 5.16. The maximum absolute atomic E-state index is 4.91. The minimum Gasteiger partial charge on any atom is -0.452 e. The van der Waals surface area contributed by atoms with Crippen molar-refractivity contribution >= 4 is 0 Å². The molecular weight excluding hydrogens is 116 g/mol. The SMILES string of the molecule is C=CCN.c1cocn1. The monoisotopic (exact) mass is 126 g/mol. The van der Waals surface area contributed by atoms with E-state index in [1.807, 2.05) is 0 Å². The maximum atomic E-state index is 4.91. The molecule has 3 heteroatoms. The first kappa shape index (κ1) is 7.91. The molecule has 0 aliphatic rings. The predicted octanol–water partition coefficient (Wildman–Crippen LogP) is 0.806. The lowest BCUT2D eigenvalue weighted by Gasteiger charge is -1.61. The first-order chi connectivity index (χ1) is 4.41. The van der Waals surface area contributed by atoms with Crippen LogP contribution in [-0.2, 0) is 0 Å². The second kappa shape index (κ2) is 6.91. The molecule has 1 heterocycles. The lowest BCUT2D eigenvalue weighted by molar-refractivity contribution is 0.558. The summed E-state index contributed by atoms with van der Waals surface area (Å²) in [6.45, 7) is 3.94. The fourth-order valence-corrected chi connectivity index (χ4v) is 0.176. The second-order valence-corrected chi connectivity index (χ2v) is 1.20. The van der Waals surface area contributed by atoms with Gasteiger partial charge in [-0.3, -0.25) is 0 Å². The number of nitrogens with zero attached hydrogens (tertiary/aromatic N) is 1. The molecule has 0 amide bonds. The van der Waals surface area contributed by atoms with Crippen LogP contribution in [0.1, 0.15) is 0 Å². The summed E-state index contributed by atoms with van der Waals surface area (Å²) in [5.74, 6) is 0. The van der Waals surface area contributed by atoms with Crippen LogP contribution in [0.3, 0.4) is 0 Å². The fraction of sp³-hybridized carbons (Fsp3) is 0.167. The fourth-order valence-electron chi connectivity index (χ4n) is 0.176. The van der Waals surface area contributed by atoms with Gasteiger partial charge in [-0.15, -0.1) is 6.58 Å². The minimum atomic E-state index is 0.583. The third-order valence-electron chi connectivity index (χ3n) is 0.514. The molecule has 0 aliphatic heterocycles. The smallest absolute Gasteiger partial charge is 0.180 e. The van der Waals surface area contributed by atoms with Gasteiger partial charge >= 0.3 is 0 Å². The van der Waals surface area contributed by atoms with E-state index in [4.69, 9.17) is 5.73 Å². The molecule has 0 aliphatic carbocycles. The van der Waals surface area contributed by atoms with Gasteiger partial charge in [0.1, 0.15) is 6.26 Å².